The molecule has 1 aliphatic heterocycles. The highest BCUT2D eigenvalue weighted by molar-refractivity contribution is 9.10. The lowest BCUT2D eigenvalue weighted by atomic mass is 10.1. The van der Waals surface area contributed by atoms with E-state index in [1.54, 1.807) is 12.4 Å². The van der Waals surface area contributed by atoms with Gasteiger partial charge in [-0.25, -0.2) is 0 Å². The van der Waals surface area contributed by atoms with E-state index in [2.05, 4.69) is 46.3 Å². The summed E-state index contributed by atoms with van der Waals surface area (Å²) in [7, 11) is 0. The molecule has 1 aromatic carbocycles. The van der Waals surface area contributed by atoms with E-state index < -0.39 is 0 Å². The van der Waals surface area contributed by atoms with Crippen LogP contribution in [0, 0.1) is 0 Å². The topological polar surface area (TPSA) is 75.5 Å². The van der Waals surface area contributed by atoms with Gasteiger partial charge in [0.1, 0.15) is 5.82 Å². The molecule has 0 amide bonds. The Morgan fingerprint density at radius 2 is 1.97 bits per heavy atom. The van der Waals surface area contributed by atoms with Gasteiger partial charge in [0.05, 0.1) is 12.8 Å². The van der Waals surface area contributed by atoms with E-state index in [0.717, 1.165) is 34.6 Å². The van der Waals surface area contributed by atoms with E-state index in [1.165, 1.54) is 19.3 Å². The Morgan fingerprint density at radius 3 is 2.77 bits per heavy atom. The lowest BCUT2D eigenvalue weighted by Gasteiger charge is -2.28. The van der Waals surface area contributed by atoms with Crippen LogP contribution in [-0.2, 0) is 6.42 Å². The third kappa shape index (κ3) is 6.49. The molecule has 0 atom stereocenters. The van der Waals surface area contributed by atoms with Crippen molar-refractivity contribution in [3.63, 3.8) is 0 Å². The number of benzene rings is 1. The molecule has 0 saturated carbocycles. The van der Waals surface area contributed by atoms with Crippen molar-refractivity contribution in [3.05, 3.63) is 70.5 Å². The van der Waals surface area contributed by atoms with E-state index in [9.17, 15) is 0 Å². The fourth-order valence-electron chi connectivity index (χ4n) is 3.37. The zero-order valence-corrected chi connectivity index (χ0v) is 18.8. The smallest absolute Gasteiger partial charge is 0.320 e. The average molecular weight is 481 g/mol. The van der Waals surface area contributed by atoms with Crippen LogP contribution in [0.5, 0.6) is 6.01 Å². The van der Waals surface area contributed by atoms with Gasteiger partial charge in [0.25, 0.3) is 0 Å². The van der Waals surface area contributed by atoms with Crippen LogP contribution in [0.3, 0.4) is 0 Å². The Hall–Kier alpha value is -3.00. The molecule has 0 spiro atoms. The summed E-state index contributed by atoms with van der Waals surface area (Å²) >= 11 is 3.47. The van der Waals surface area contributed by atoms with Crippen molar-refractivity contribution >= 4 is 33.8 Å². The van der Waals surface area contributed by atoms with Gasteiger partial charge in [-0.3, -0.25) is 10.4 Å². The minimum absolute atomic E-state index is 0.346. The molecule has 3 aromatic rings. The van der Waals surface area contributed by atoms with Crippen LogP contribution in [0.1, 0.15) is 30.5 Å². The number of rotatable bonds is 8. The summed E-state index contributed by atoms with van der Waals surface area (Å²) in [6, 6.07) is 16.1. The maximum absolute atomic E-state index is 5.88. The molecule has 3 heterocycles. The lowest BCUT2D eigenvalue weighted by Crippen LogP contribution is -2.30. The zero-order valence-electron chi connectivity index (χ0n) is 17.2. The number of anilines is 2. The number of piperidine rings is 1. The number of nitrogens with one attached hydrogen (secondary N) is 1. The zero-order chi connectivity index (χ0) is 21.3. The average Bonchev–Trinajstić information content (AvgIpc) is 2.80. The fourth-order valence-corrected chi connectivity index (χ4v) is 3.79. The summed E-state index contributed by atoms with van der Waals surface area (Å²) in [6.07, 6.45) is 7.84. The standard InChI is InChI=1S/C23H25BrN6O/c24-19-8-6-7-18(15-19)17-26-29-21-16-22(30-12-4-1-5-13-30)28-23(27-21)31-14-10-20-9-2-3-11-25-20/h2-3,6-9,11,15-17H,1,4-5,10,12-14H2,(H,27,28,29)/b26-17+. The molecule has 0 unspecified atom stereocenters. The minimum atomic E-state index is 0.346. The Morgan fingerprint density at radius 1 is 1.06 bits per heavy atom. The first-order valence-corrected chi connectivity index (χ1v) is 11.3. The lowest BCUT2D eigenvalue weighted by molar-refractivity contribution is 0.295. The van der Waals surface area contributed by atoms with E-state index in [-0.39, 0.29) is 0 Å². The van der Waals surface area contributed by atoms with Gasteiger partial charge in [0.15, 0.2) is 5.82 Å². The molecular formula is C23H25BrN6O. The minimum Gasteiger partial charge on any atom is -0.463 e. The van der Waals surface area contributed by atoms with E-state index >= 15 is 0 Å². The molecule has 1 aliphatic rings. The molecule has 31 heavy (non-hydrogen) atoms. The van der Waals surface area contributed by atoms with Gasteiger partial charge < -0.3 is 9.64 Å². The highest BCUT2D eigenvalue weighted by atomic mass is 79.9. The first kappa shape index (κ1) is 21.2. The number of hydrogen-bond acceptors (Lipinski definition) is 7. The SMILES string of the molecule is Brc1cccc(/C=N/Nc2cc(N3CCCCC3)nc(OCCc3ccccn3)n2)c1. The molecule has 1 saturated heterocycles. The van der Waals surface area contributed by atoms with Crippen LogP contribution in [0.2, 0.25) is 0 Å². The second-order valence-corrected chi connectivity index (χ2v) is 8.20. The predicted octanol–water partition coefficient (Wildman–Crippen LogP) is 4.69. The summed E-state index contributed by atoms with van der Waals surface area (Å²) < 4.78 is 6.88. The van der Waals surface area contributed by atoms with Gasteiger partial charge in [-0.2, -0.15) is 15.1 Å². The monoisotopic (exact) mass is 480 g/mol. The molecule has 0 aliphatic carbocycles. The molecule has 2 aromatic heterocycles. The largest absolute Gasteiger partial charge is 0.463 e. The first-order chi connectivity index (χ1) is 15.3. The normalized spacial score (nSPS) is 14.0. The predicted molar refractivity (Wildman–Crippen MR) is 127 cm³/mol. The Kier molecular flexibility index (Phi) is 7.44. The summed E-state index contributed by atoms with van der Waals surface area (Å²) in [5.41, 5.74) is 4.99. The summed E-state index contributed by atoms with van der Waals surface area (Å²) in [6.45, 7) is 2.44. The Bertz CT molecular complexity index is 1010. The van der Waals surface area contributed by atoms with Crippen molar-refractivity contribution in [2.75, 3.05) is 30.0 Å². The van der Waals surface area contributed by atoms with Crippen LogP contribution in [0.25, 0.3) is 0 Å². The number of aromatic nitrogens is 3. The number of nitrogens with zero attached hydrogens (tertiary/aromatic N) is 5. The van der Waals surface area contributed by atoms with Crippen LogP contribution in [0.15, 0.2) is 64.3 Å². The second-order valence-electron chi connectivity index (χ2n) is 7.29. The summed E-state index contributed by atoms with van der Waals surface area (Å²) in [5.74, 6) is 1.47. The van der Waals surface area contributed by atoms with E-state index in [4.69, 9.17) is 4.74 Å². The van der Waals surface area contributed by atoms with Crippen LogP contribution >= 0.6 is 15.9 Å². The van der Waals surface area contributed by atoms with Gasteiger partial charge in [0, 0.05) is 41.9 Å². The van der Waals surface area contributed by atoms with Crippen molar-refractivity contribution < 1.29 is 4.74 Å². The van der Waals surface area contributed by atoms with E-state index in [0.29, 0.717) is 24.9 Å². The van der Waals surface area contributed by atoms with Gasteiger partial charge >= 0.3 is 6.01 Å². The molecule has 1 N–H and O–H groups in total. The highest BCUT2D eigenvalue weighted by Gasteiger charge is 2.15. The second kappa shape index (κ2) is 10.9. The number of pyridine rings is 1. The third-order valence-corrected chi connectivity index (χ3v) is 5.42. The molecule has 1 fully saturated rings. The maximum atomic E-state index is 5.88. The molecule has 8 heteroatoms. The van der Waals surface area contributed by atoms with Crippen molar-refractivity contribution in [2.45, 2.75) is 25.7 Å². The van der Waals surface area contributed by atoms with Crippen LogP contribution in [0.4, 0.5) is 11.6 Å². The third-order valence-electron chi connectivity index (χ3n) is 4.93. The molecule has 160 valence electrons. The molecule has 0 bridgehead atoms. The molecular weight excluding hydrogens is 456 g/mol. The number of ether oxygens (including phenoxy) is 1. The van der Waals surface area contributed by atoms with Gasteiger partial charge in [-0.05, 0) is 49.1 Å². The van der Waals surface area contributed by atoms with Crippen molar-refractivity contribution in [2.24, 2.45) is 5.10 Å². The molecule has 7 nitrogen and oxygen atoms in total. The highest BCUT2D eigenvalue weighted by Crippen LogP contribution is 2.23. The van der Waals surface area contributed by atoms with Gasteiger partial charge in [-0.1, -0.05) is 34.1 Å². The number of hydrazone groups is 1. The van der Waals surface area contributed by atoms with Crippen LogP contribution in [-0.4, -0.2) is 40.9 Å². The number of hydrogen-bond donors (Lipinski definition) is 1. The Labute approximate surface area is 190 Å². The maximum Gasteiger partial charge on any atom is 0.320 e. The Balaban J connectivity index is 1.46. The quantitative estimate of drug-likeness (QED) is 0.372. The van der Waals surface area contributed by atoms with Gasteiger partial charge in [-0.15, -0.1) is 0 Å². The molecule has 0 radical (unpaired) electrons. The van der Waals surface area contributed by atoms with E-state index in [1.807, 2.05) is 48.5 Å². The van der Waals surface area contributed by atoms with Crippen molar-refractivity contribution in [1.29, 1.82) is 0 Å². The number of halogens is 1. The van der Waals surface area contributed by atoms with Gasteiger partial charge in [0.2, 0.25) is 0 Å². The molecule has 4 rings (SSSR count). The van der Waals surface area contributed by atoms with Crippen LogP contribution < -0.4 is 15.1 Å². The first-order valence-electron chi connectivity index (χ1n) is 10.5. The van der Waals surface area contributed by atoms with Crippen molar-refractivity contribution in [3.8, 4) is 6.01 Å². The fraction of sp³-hybridized carbons (Fsp3) is 0.304. The van der Waals surface area contributed by atoms with Crippen molar-refractivity contribution in [1.82, 2.24) is 15.0 Å². The summed E-state index contributed by atoms with van der Waals surface area (Å²) in [4.78, 5) is 15.7. The summed E-state index contributed by atoms with van der Waals surface area (Å²) in [5, 5.41) is 4.34.